The molecule has 0 atom stereocenters. The highest BCUT2D eigenvalue weighted by molar-refractivity contribution is 5.95. The van der Waals surface area contributed by atoms with Gasteiger partial charge in [0.1, 0.15) is 11.5 Å². The summed E-state index contributed by atoms with van der Waals surface area (Å²) in [6, 6.07) is 12.5. The Morgan fingerprint density at radius 3 is 2.88 bits per heavy atom. The summed E-state index contributed by atoms with van der Waals surface area (Å²) in [6.45, 7) is 5.02. The van der Waals surface area contributed by atoms with Gasteiger partial charge in [0.25, 0.3) is 5.91 Å². The van der Waals surface area contributed by atoms with Crippen molar-refractivity contribution in [3.8, 4) is 11.5 Å². The highest BCUT2D eigenvalue weighted by Gasteiger charge is 2.11. The maximum atomic E-state index is 12.4. The molecule has 3 rings (SSSR count). The summed E-state index contributed by atoms with van der Waals surface area (Å²) in [5, 5.41) is 13.8. The summed E-state index contributed by atoms with van der Waals surface area (Å²) in [5.41, 5.74) is 2.44. The van der Waals surface area contributed by atoms with Crippen LogP contribution in [0.15, 0.2) is 48.7 Å². The molecule has 5 heteroatoms. The van der Waals surface area contributed by atoms with Crippen molar-refractivity contribution < 1.29 is 14.6 Å². The molecule has 0 aliphatic heterocycles. The molecule has 1 heterocycles. The van der Waals surface area contributed by atoms with Crippen molar-refractivity contribution in [1.29, 1.82) is 0 Å². The number of phenols is 1. The Morgan fingerprint density at radius 1 is 1.24 bits per heavy atom. The van der Waals surface area contributed by atoms with E-state index in [0.717, 1.165) is 16.5 Å². The Labute approximate surface area is 146 Å². The number of hydrogen-bond acceptors (Lipinski definition) is 3. The summed E-state index contributed by atoms with van der Waals surface area (Å²) in [6.07, 6.45) is 1.88. The van der Waals surface area contributed by atoms with E-state index in [9.17, 15) is 9.90 Å². The number of H-pyrrole nitrogens is 1. The van der Waals surface area contributed by atoms with Crippen molar-refractivity contribution in [3.63, 3.8) is 0 Å². The van der Waals surface area contributed by atoms with Gasteiger partial charge in [0.15, 0.2) is 0 Å². The summed E-state index contributed by atoms with van der Waals surface area (Å²) >= 11 is 0. The fourth-order valence-electron chi connectivity index (χ4n) is 2.64. The van der Waals surface area contributed by atoms with E-state index in [1.807, 2.05) is 44.3 Å². The Morgan fingerprint density at radius 2 is 2.08 bits per heavy atom. The number of ether oxygens (including phenoxy) is 1. The first-order valence-electron chi connectivity index (χ1n) is 8.33. The van der Waals surface area contributed by atoms with Gasteiger partial charge in [0, 0.05) is 35.3 Å². The second-order valence-electron chi connectivity index (χ2n) is 6.46. The number of amides is 1. The fourth-order valence-corrected chi connectivity index (χ4v) is 2.64. The molecule has 0 saturated carbocycles. The van der Waals surface area contributed by atoms with Crippen LogP contribution in [0.3, 0.4) is 0 Å². The lowest BCUT2D eigenvalue weighted by Gasteiger charge is -2.11. The van der Waals surface area contributed by atoms with Crippen LogP contribution >= 0.6 is 0 Å². The third-order valence-electron chi connectivity index (χ3n) is 3.86. The second kappa shape index (κ2) is 7.30. The van der Waals surface area contributed by atoms with Crippen LogP contribution in [-0.2, 0) is 6.54 Å². The highest BCUT2D eigenvalue weighted by atomic mass is 16.5. The van der Waals surface area contributed by atoms with E-state index in [1.165, 1.54) is 12.1 Å². The third kappa shape index (κ3) is 4.12. The van der Waals surface area contributed by atoms with E-state index in [1.54, 1.807) is 6.07 Å². The predicted molar refractivity (Wildman–Crippen MR) is 97.9 cm³/mol. The van der Waals surface area contributed by atoms with E-state index < -0.39 is 0 Å². The van der Waals surface area contributed by atoms with E-state index in [0.29, 0.717) is 30.4 Å². The lowest BCUT2D eigenvalue weighted by atomic mass is 10.1. The topological polar surface area (TPSA) is 74.3 Å². The Hall–Kier alpha value is -2.95. The monoisotopic (exact) mass is 338 g/mol. The zero-order valence-corrected chi connectivity index (χ0v) is 14.4. The zero-order valence-electron chi connectivity index (χ0n) is 14.4. The van der Waals surface area contributed by atoms with Crippen molar-refractivity contribution in [3.05, 3.63) is 59.8 Å². The molecule has 0 bridgehead atoms. The van der Waals surface area contributed by atoms with Gasteiger partial charge in [-0.15, -0.1) is 0 Å². The lowest BCUT2D eigenvalue weighted by molar-refractivity contribution is 0.0950. The van der Waals surface area contributed by atoms with Gasteiger partial charge in [-0.1, -0.05) is 26.0 Å². The molecule has 25 heavy (non-hydrogen) atoms. The number of aromatic amines is 1. The summed E-state index contributed by atoms with van der Waals surface area (Å²) < 4.78 is 5.60. The molecule has 0 aliphatic carbocycles. The Balaban J connectivity index is 1.71. The van der Waals surface area contributed by atoms with Crippen LogP contribution in [0.4, 0.5) is 0 Å². The van der Waals surface area contributed by atoms with Crippen molar-refractivity contribution in [2.45, 2.75) is 20.4 Å². The Bertz CT molecular complexity index is 884. The van der Waals surface area contributed by atoms with E-state index in [2.05, 4.69) is 10.3 Å². The lowest BCUT2D eigenvalue weighted by Crippen LogP contribution is -2.23. The van der Waals surface area contributed by atoms with Crippen LogP contribution < -0.4 is 10.1 Å². The number of nitrogens with one attached hydrogen (secondary N) is 2. The summed E-state index contributed by atoms with van der Waals surface area (Å²) in [7, 11) is 0. The average molecular weight is 338 g/mol. The minimum Gasteiger partial charge on any atom is -0.508 e. The van der Waals surface area contributed by atoms with Crippen molar-refractivity contribution in [2.24, 2.45) is 5.92 Å². The number of carbonyl (C=O) groups is 1. The van der Waals surface area contributed by atoms with Crippen LogP contribution in [0.5, 0.6) is 11.5 Å². The summed E-state index contributed by atoms with van der Waals surface area (Å²) in [5.74, 6) is 0.616. The molecular weight excluding hydrogens is 316 g/mol. The van der Waals surface area contributed by atoms with Crippen LogP contribution in [-0.4, -0.2) is 22.6 Å². The number of fused-ring (bicyclic) bond motifs is 1. The maximum absolute atomic E-state index is 12.4. The average Bonchev–Trinajstić information content (AvgIpc) is 3.06. The number of benzene rings is 2. The van der Waals surface area contributed by atoms with Gasteiger partial charge in [0.05, 0.1) is 6.61 Å². The van der Waals surface area contributed by atoms with Gasteiger partial charge in [-0.25, -0.2) is 0 Å². The largest absolute Gasteiger partial charge is 0.508 e. The molecule has 0 radical (unpaired) electrons. The van der Waals surface area contributed by atoms with Gasteiger partial charge in [-0.05, 0) is 35.7 Å². The highest BCUT2D eigenvalue weighted by Crippen LogP contribution is 2.23. The zero-order chi connectivity index (χ0) is 17.8. The number of aromatic nitrogens is 1. The number of aromatic hydroxyl groups is 1. The standard InChI is InChI=1S/C20H22N2O3/c1-13(2)12-25-17-9-15(8-16(23)10-17)20(24)22-11-14-4-3-5-19-18(14)6-7-21-19/h3-10,13,21,23H,11-12H2,1-2H3,(H,22,24). The van der Waals surface area contributed by atoms with Crippen LogP contribution in [0.1, 0.15) is 29.8 Å². The van der Waals surface area contributed by atoms with Gasteiger partial charge in [-0.2, -0.15) is 0 Å². The molecule has 0 saturated heterocycles. The van der Waals surface area contributed by atoms with E-state index >= 15 is 0 Å². The minimum atomic E-state index is -0.252. The maximum Gasteiger partial charge on any atom is 0.251 e. The number of rotatable bonds is 6. The van der Waals surface area contributed by atoms with Crippen LogP contribution in [0, 0.1) is 5.92 Å². The summed E-state index contributed by atoms with van der Waals surface area (Å²) in [4.78, 5) is 15.6. The first kappa shape index (κ1) is 16.9. The van der Waals surface area contributed by atoms with Crippen molar-refractivity contribution >= 4 is 16.8 Å². The van der Waals surface area contributed by atoms with Gasteiger partial charge >= 0.3 is 0 Å². The predicted octanol–water partition coefficient (Wildman–Crippen LogP) is 3.84. The molecule has 5 nitrogen and oxygen atoms in total. The van der Waals surface area contributed by atoms with Gasteiger partial charge < -0.3 is 20.1 Å². The molecule has 0 fully saturated rings. The first-order valence-corrected chi connectivity index (χ1v) is 8.33. The van der Waals surface area contributed by atoms with E-state index in [4.69, 9.17) is 4.74 Å². The molecule has 3 aromatic rings. The smallest absolute Gasteiger partial charge is 0.251 e. The Kier molecular flexibility index (Phi) is 4.93. The molecule has 0 spiro atoms. The van der Waals surface area contributed by atoms with Gasteiger partial charge in [-0.3, -0.25) is 4.79 Å². The fraction of sp³-hybridized carbons (Fsp3) is 0.250. The number of phenolic OH excluding ortho intramolecular Hbond substituents is 1. The SMILES string of the molecule is CC(C)COc1cc(O)cc(C(=O)NCc2cccc3[nH]ccc23)c1. The first-order chi connectivity index (χ1) is 12.0. The number of hydrogen-bond donors (Lipinski definition) is 3. The second-order valence-corrected chi connectivity index (χ2v) is 6.46. The number of carbonyl (C=O) groups excluding carboxylic acids is 1. The van der Waals surface area contributed by atoms with Crippen LogP contribution in [0.25, 0.3) is 10.9 Å². The van der Waals surface area contributed by atoms with Gasteiger partial charge in [0.2, 0.25) is 0 Å². The molecule has 0 aliphatic rings. The molecular formula is C20H22N2O3. The molecule has 0 unspecified atom stereocenters. The van der Waals surface area contributed by atoms with Crippen molar-refractivity contribution in [2.75, 3.05) is 6.61 Å². The normalized spacial score (nSPS) is 11.0. The molecule has 3 N–H and O–H groups in total. The third-order valence-corrected chi connectivity index (χ3v) is 3.86. The molecule has 1 aromatic heterocycles. The molecule has 2 aromatic carbocycles. The molecule has 1 amide bonds. The van der Waals surface area contributed by atoms with Crippen molar-refractivity contribution in [1.82, 2.24) is 10.3 Å². The minimum absolute atomic E-state index is 0.0131. The molecule has 130 valence electrons. The quantitative estimate of drug-likeness (QED) is 0.639. The van der Waals surface area contributed by atoms with E-state index in [-0.39, 0.29) is 11.7 Å². The van der Waals surface area contributed by atoms with Crippen LogP contribution in [0.2, 0.25) is 0 Å².